The van der Waals surface area contributed by atoms with E-state index in [4.69, 9.17) is 18.0 Å². The Morgan fingerprint density at radius 2 is 1.94 bits per heavy atom. The lowest BCUT2D eigenvalue weighted by atomic mass is 10.4. The molecule has 0 aromatic heterocycles. The van der Waals surface area contributed by atoms with Crippen LogP contribution in [0.3, 0.4) is 0 Å². The molecular formula is C8H8N2O2S4. The Balaban J connectivity index is 2.44. The third-order valence-corrected chi connectivity index (χ3v) is 7.05. The van der Waals surface area contributed by atoms with Gasteiger partial charge >= 0.3 is 0 Å². The zero-order valence-electron chi connectivity index (χ0n) is 7.94. The Bertz CT molecular complexity index is 502. The van der Waals surface area contributed by atoms with E-state index < -0.39 is 15.5 Å². The summed E-state index contributed by atoms with van der Waals surface area (Å²) in [4.78, 5) is 0.205. The van der Waals surface area contributed by atoms with Crippen LogP contribution in [0.15, 0.2) is 35.2 Å². The summed E-state index contributed by atoms with van der Waals surface area (Å²) in [5.41, 5.74) is 5.04. The highest BCUT2D eigenvalue weighted by Crippen LogP contribution is 2.40. The molecule has 2 rings (SSSR count). The first-order chi connectivity index (χ1) is 7.53. The van der Waals surface area contributed by atoms with Gasteiger partial charge in [-0.1, -0.05) is 30.4 Å². The first-order valence-corrected chi connectivity index (χ1v) is 8.32. The fraction of sp³-hybridized carbons (Fsp3) is 0.125. The van der Waals surface area contributed by atoms with Gasteiger partial charge in [0.1, 0.15) is 0 Å². The number of benzene rings is 1. The summed E-state index contributed by atoms with van der Waals surface area (Å²) < 4.78 is 25.7. The first kappa shape index (κ1) is 12.2. The molecule has 0 amide bonds. The predicted molar refractivity (Wildman–Crippen MR) is 71.2 cm³/mol. The van der Waals surface area contributed by atoms with Crippen molar-refractivity contribution < 1.29 is 8.42 Å². The molecule has 0 radical (unpaired) electrons. The third kappa shape index (κ3) is 2.07. The molecule has 1 atom stereocenters. The van der Waals surface area contributed by atoms with E-state index in [2.05, 4.69) is 0 Å². The van der Waals surface area contributed by atoms with Crippen molar-refractivity contribution in [2.45, 2.75) is 10.4 Å². The molecule has 1 aliphatic rings. The van der Waals surface area contributed by atoms with Gasteiger partial charge < -0.3 is 5.73 Å². The van der Waals surface area contributed by atoms with Crippen molar-refractivity contribution in [3.63, 3.8) is 0 Å². The smallest absolute Gasteiger partial charge is 0.267 e. The van der Waals surface area contributed by atoms with Gasteiger partial charge in [0.25, 0.3) is 10.0 Å². The Kier molecular flexibility index (Phi) is 3.45. The highest BCUT2D eigenvalue weighted by atomic mass is 33.1. The quantitative estimate of drug-likeness (QED) is 0.660. The molecule has 0 bridgehead atoms. The van der Waals surface area contributed by atoms with Crippen LogP contribution in [0.5, 0.6) is 0 Å². The van der Waals surface area contributed by atoms with Crippen molar-refractivity contribution in [3.8, 4) is 0 Å². The lowest BCUT2D eigenvalue weighted by molar-refractivity contribution is 0.521. The molecule has 4 nitrogen and oxygen atoms in total. The summed E-state index contributed by atoms with van der Waals surface area (Å²) >= 11 is 4.97. The molecule has 8 heteroatoms. The molecule has 1 saturated heterocycles. The highest BCUT2D eigenvalue weighted by molar-refractivity contribution is 8.84. The van der Waals surface area contributed by atoms with Crippen LogP contribution in [0.25, 0.3) is 0 Å². The maximum atomic E-state index is 12.2. The van der Waals surface area contributed by atoms with Crippen LogP contribution < -0.4 is 5.73 Å². The van der Waals surface area contributed by atoms with Crippen molar-refractivity contribution in [2.24, 2.45) is 5.73 Å². The van der Waals surface area contributed by atoms with Gasteiger partial charge in [-0.2, -0.15) is 0 Å². The number of hydrogen-bond acceptors (Lipinski definition) is 6. The van der Waals surface area contributed by atoms with Crippen LogP contribution in [0, 0.1) is 0 Å². The summed E-state index contributed by atoms with van der Waals surface area (Å²) in [6.45, 7) is 0. The fourth-order valence-corrected chi connectivity index (χ4v) is 6.08. The number of nitrogens with zero attached hydrogens (tertiary/aromatic N) is 1. The van der Waals surface area contributed by atoms with Crippen molar-refractivity contribution in [1.29, 1.82) is 0 Å². The lowest BCUT2D eigenvalue weighted by Crippen LogP contribution is -2.41. The average molecular weight is 292 g/mol. The van der Waals surface area contributed by atoms with E-state index in [0.29, 0.717) is 0 Å². The molecule has 1 unspecified atom stereocenters. The van der Waals surface area contributed by atoms with Crippen LogP contribution in [0.1, 0.15) is 0 Å². The van der Waals surface area contributed by atoms with E-state index >= 15 is 0 Å². The van der Waals surface area contributed by atoms with Gasteiger partial charge in [0.2, 0.25) is 0 Å². The van der Waals surface area contributed by atoms with E-state index in [1.165, 1.54) is 33.7 Å². The summed E-state index contributed by atoms with van der Waals surface area (Å²) in [5, 5.41) is 0. The Labute approximate surface area is 107 Å². The Hall–Kier alpha value is -0.280. The summed E-state index contributed by atoms with van der Waals surface area (Å²) in [6, 6.07) is 8.14. The minimum absolute atomic E-state index is 0.205. The number of sulfonamides is 1. The second-order valence-electron chi connectivity index (χ2n) is 2.95. The van der Waals surface area contributed by atoms with Crippen molar-refractivity contribution in [2.75, 3.05) is 0 Å². The standard InChI is InChI=1S/C8H8N2O2S4/c9-7-10(8(13)15-14-7)16(11,12)6-4-2-1-3-5-6/h1-5,7H,9H2. The van der Waals surface area contributed by atoms with Gasteiger partial charge in [-0.15, -0.1) is 0 Å². The van der Waals surface area contributed by atoms with Gasteiger partial charge in [-0.3, -0.25) is 0 Å². The molecule has 1 fully saturated rings. The second kappa shape index (κ2) is 4.53. The number of nitrogens with two attached hydrogens (primary N) is 1. The molecule has 0 saturated carbocycles. The summed E-state index contributed by atoms with van der Waals surface area (Å²) in [7, 11) is -1.17. The van der Waals surface area contributed by atoms with Crippen molar-refractivity contribution >= 4 is 48.1 Å². The molecule has 1 aromatic rings. The Morgan fingerprint density at radius 1 is 1.31 bits per heavy atom. The number of rotatable bonds is 2. The fourth-order valence-electron chi connectivity index (χ4n) is 1.21. The lowest BCUT2D eigenvalue weighted by Gasteiger charge is -2.20. The van der Waals surface area contributed by atoms with Crippen LogP contribution in [-0.4, -0.2) is 22.5 Å². The molecule has 1 heterocycles. The SMILES string of the molecule is NC1SSC(=S)N1S(=O)(=O)c1ccccc1. The molecule has 0 aliphatic carbocycles. The second-order valence-corrected chi connectivity index (χ2v) is 7.72. The van der Waals surface area contributed by atoms with Gasteiger partial charge in [-0.25, -0.2) is 12.7 Å². The summed E-state index contributed by atoms with van der Waals surface area (Å²) in [5.74, 6) is 0. The van der Waals surface area contributed by atoms with Crippen LogP contribution >= 0.6 is 33.8 Å². The first-order valence-electron chi connectivity index (χ1n) is 4.26. The van der Waals surface area contributed by atoms with E-state index in [0.717, 1.165) is 4.31 Å². The Morgan fingerprint density at radius 3 is 2.44 bits per heavy atom. The van der Waals surface area contributed by atoms with E-state index in [1.807, 2.05) is 0 Å². The normalized spacial score (nSPS) is 21.4. The van der Waals surface area contributed by atoms with Crippen LogP contribution in [-0.2, 0) is 10.0 Å². The largest absolute Gasteiger partial charge is 0.301 e. The third-order valence-electron chi connectivity index (χ3n) is 1.93. The zero-order valence-corrected chi connectivity index (χ0v) is 11.2. The number of thiocarbonyl (C=S) groups is 1. The average Bonchev–Trinajstić information content (AvgIpc) is 2.60. The van der Waals surface area contributed by atoms with E-state index in [9.17, 15) is 8.42 Å². The predicted octanol–water partition coefficient (Wildman–Crippen LogP) is 1.60. The molecule has 0 spiro atoms. The highest BCUT2D eigenvalue weighted by Gasteiger charge is 2.37. The molecular weight excluding hydrogens is 284 g/mol. The minimum atomic E-state index is -3.61. The number of hydrogen-bond donors (Lipinski definition) is 1. The van der Waals surface area contributed by atoms with Crippen LogP contribution in [0.2, 0.25) is 0 Å². The molecule has 16 heavy (non-hydrogen) atoms. The monoisotopic (exact) mass is 292 g/mol. The maximum absolute atomic E-state index is 12.2. The van der Waals surface area contributed by atoms with Gasteiger partial charge in [0.15, 0.2) is 9.82 Å². The maximum Gasteiger partial charge on any atom is 0.267 e. The van der Waals surface area contributed by atoms with Gasteiger partial charge in [0.05, 0.1) is 4.90 Å². The molecule has 1 aromatic carbocycles. The molecule has 2 N–H and O–H groups in total. The van der Waals surface area contributed by atoms with Gasteiger partial charge in [0, 0.05) is 0 Å². The van der Waals surface area contributed by atoms with Crippen LogP contribution in [0.4, 0.5) is 0 Å². The minimum Gasteiger partial charge on any atom is -0.301 e. The van der Waals surface area contributed by atoms with E-state index in [1.54, 1.807) is 18.2 Å². The van der Waals surface area contributed by atoms with Crippen molar-refractivity contribution in [1.82, 2.24) is 4.31 Å². The zero-order chi connectivity index (χ0) is 11.8. The summed E-state index contributed by atoms with van der Waals surface area (Å²) in [6.07, 6.45) is 0. The topological polar surface area (TPSA) is 63.4 Å². The molecule has 1 aliphatic heterocycles. The van der Waals surface area contributed by atoms with Gasteiger partial charge in [-0.05, 0) is 33.7 Å². The van der Waals surface area contributed by atoms with Crippen molar-refractivity contribution in [3.05, 3.63) is 30.3 Å². The van der Waals surface area contributed by atoms with E-state index in [-0.39, 0.29) is 9.22 Å². The molecule has 86 valence electrons.